The fourth-order valence-corrected chi connectivity index (χ4v) is 3.95. The molecule has 8 nitrogen and oxygen atoms in total. The van der Waals surface area contributed by atoms with Gasteiger partial charge in [0.25, 0.3) is 0 Å². The Labute approximate surface area is 118 Å². The summed E-state index contributed by atoms with van der Waals surface area (Å²) in [5.74, 6) is -3.68. The van der Waals surface area contributed by atoms with Gasteiger partial charge in [0.15, 0.2) is 0 Å². The number of carboxylic acid groups (broad SMARTS) is 2. The number of fused-ring (bicyclic) bond motifs is 1. The molecule has 0 spiro atoms. The molecule has 1 fully saturated rings. The maximum absolute atomic E-state index is 11.9. The zero-order valence-electron chi connectivity index (χ0n) is 10.5. The van der Waals surface area contributed by atoms with Crippen molar-refractivity contribution in [1.82, 2.24) is 4.90 Å². The molecule has 0 aliphatic carbocycles. The van der Waals surface area contributed by atoms with Crippen LogP contribution in [0.2, 0.25) is 0 Å². The summed E-state index contributed by atoms with van der Waals surface area (Å²) in [6.07, 6.45) is -1.05. The molecule has 2 rings (SSSR count). The number of carbonyl (C=O) groups is 3. The molecule has 110 valence electrons. The largest absolute Gasteiger partial charge is 0.480 e. The topological polar surface area (TPSA) is 141 Å². The summed E-state index contributed by atoms with van der Waals surface area (Å²) in [5.41, 5.74) is 5.18. The number of rotatable bonds is 5. The van der Waals surface area contributed by atoms with E-state index < -0.39 is 41.3 Å². The molecule has 0 bridgehead atoms. The van der Waals surface area contributed by atoms with Gasteiger partial charge in [-0.05, 0) is 6.92 Å². The van der Waals surface area contributed by atoms with Crippen molar-refractivity contribution in [3.8, 4) is 0 Å². The quantitative estimate of drug-likeness (QED) is 0.474. The van der Waals surface area contributed by atoms with E-state index in [-0.39, 0.29) is 17.0 Å². The number of nitrogens with zero attached hydrogens (tertiary/aromatic N) is 1. The molecule has 2 aliphatic rings. The van der Waals surface area contributed by atoms with Crippen molar-refractivity contribution in [2.24, 2.45) is 11.7 Å². The first kappa shape index (κ1) is 14.8. The first-order valence-electron chi connectivity index (χ1n) is 5.88. The lowest BCUT2D eigenvalue weighted by atomic mass is 9.92. The van der Waals surface area contributed by atoms with Crippen molar-refractivity contribution in [3.05, 3.63) is 10.6 Å². The van der Waals surface area contributed by atoms with E-state index in [0.717, 1.165) is 16.7 Å². The highest BCUT2D eigenvalue weighted by atomic mass is 32.2. The molecule has 0 aromatic heterocycles. The predicted octanol–water partition coefficient (Wildman–Crippen LogP) is -1.00. The van der Waals surface area contributed by atoms with Gasteiger partial charge in [-0.1, -0.05) is 0 Å². The highest BCUT2D eigenvalue weighted by molar-refractivity contribution is 8.04. The molecule has 0 aromatic rings. The Bertz CT molecular complexity index is 517. The average Bonchev–Trinajstić information content (AvgIpc) is 2.63. The fraction of sp³-hybridized carbons (Fsp3) is 0.545. The summed E-state index contributed by atoms with van der Waals surface area (Å²) >= 11 is 1.08. The van der Waals surface area contributed by atoms with Crippen LogP contribution in [0.1, 0.15) is 13.3 Å². The molecule has 1 saturated heterocycles. The number of aliphatic carboxylic acids is 2. The van der Waals surface area contributed by atoms with Crippen molar-refractivity contribution in [2.45, 2.75) is 30.9 Å². The predicted molar refractivity (Wildman–Crippen MR) is 68.3 cm³/mol. The number of hydrogen-bond donors (Lipinski definition) is 4. The lowest BCUT2D eigenvalue weighted by Gasteiger charge is -2.43. The van der Waals surface area contributed by atoms with Crippen LogP contribution >= 0.6 is 11.8 Å². The third-order valence-electron chi connectivity index (χ3n) is 3.30. The number of carboxylic acids is 2. The van der Waals surface area contributed by atoms with Gasteiger partial charge in [0, 0.05) is 11.3 Å². The van der Waals surface area contributed by atoms with E-state index >= 15 is 0 Å². The SMILES string of the molecule is CC(O)[C@H]1C(=O)N2C(C(=O)O)=C(C[C@@H](N)C(=O)O)S[C@H]12. The number of aliphatic hydroxyl groups is 1. The standard InChI is InChI=1S/C11H14N2O6S/c1-3(14)6-8(15)13-7(11(18)19)5(20-9(6)13)2-4(12)10(16)17/h3-4,6,9,14H,2,12H2,1H3,(H,16,17)(H,18,19)/t3?,4-,6+,9-/m1/s1. The van der Waals surface area contributed by atoms with Gasteiger partial charge < -0.3 is 21.1 Å². The van der Waals surface area contributed by atoms with Crippen LogP contribution in [0.25, 0.3) is 0 Å². The van der Waals surface area contributed by atoms with E-state index in [1.807, 2.05) is 0 Å². The summed E-state index contributed by atoms with van der Waals surface area (Å²) in [7, 11) is 0. The second kappa shape index (κ2) is 5.08. The monoisotopic (exact) mass is 302 g/mol. The number of carbonyl (C=O) groups excluding carboxylic acids is 1. The van der Waals surface area contributed by atoms with Crippen LogP contribution in [-0.2, 0) is 14.4 Å². The molecule has 2 aliphatic heterocycles. The Morgan fingerprint density at radius 2 is 2.05 bits per heavy atom. The van der Waals surface area contributed by atoms with Gasteiger partial charge in [0.05, 0.1) is 12.0 Å². The third kappa shape index (κ3) is 2.17. The van der Waals surface area contributed by atoms with Crippen molar-refractivity contribution < 1.29 is 29.7 Å². The second-order valence-corrected chi connectivity index (χ2v) is 5.92. The molecule has 0 aromatic carbocycles. The van der Waals surface area contributed by atoms with Gasteiger partial charge >= 0.3 is 11.9 Å². The van der Waals surface area contributed by atoms with Gasteiger partial charge in [0.2, 0.25) is 5.91 Å². The van der Waals surface area contributed by atoms with E-state index in [2.05, 4.69) is 0 Å². The Hall–Kier alpha value is -1.58. The molecule has 1 amide bonds. The third-order valence-corrected chi connectivity index (χ3v) is 4.69. The highest BCUT2D eigenvalue weighted by Crippen LogP contribution is 2.51. The van der Waals surface area contributed by atoms with Crippen LogP contribution in [0.5, 0.6) is 0 Å². The molecule has 9 heteroatoms. The minimum absolute atomic E-state index is 0.158. The number of aliphatic hydroxyl groups excluding tert-OH is 1. The van der Waals surface area contributed by atoms with Crippen LogP contribution in [0.15, 0.2) is 10.6 Å². The number of hydrogen-bond acceptors (Lipinski definition) is 6. The molecule has 2 heterocycles. The van der Waals surface area contributed by atoms with E-state index in [1.54, 1.807) is 0 Å². The number of thioether (sulfide) groups is 1. The van der Waals surface area contributed by atoms with Crippen LogP contribution in [0.3, 0.4) is 0 Å². The lowest BCUT2D eigenvalue weighted by molar-refractivity contribution is -0.156. The van der Waals surface area contributed by atoms with Crippen LogP contribution in [0, 0.1) is 5.92 Å². The van der Waals surface area contributed by atoms with Crippen LogP contribution in [0.4, 0.5) is 0 Å². The minimum atomic E-state index is -1.30. The summed E-state index contributed by atoms with van der Waals surface area (Å²) in [5, 5.41) is 27.0. The molecule has 4 atom stereocenters. The van der Waals surface area contributed by atoms with E-state index in [1.165, 1.54) is 6.92 Å². The summed E-state index contributed by atoms with van der Waals surface area (Å²) in [6, 6.07) is -1.23. The van der Waals surface area contributed by atoms with Crippen molar-refractivity contribution in [1.29, 1.82) is 0 Å². The average molecular weight is 302 g/mol. The zero-order valence-corrected chi connectivity index (χ0v) is 11.3. The number of amides is 1. The maximum Gasteiger partial charge on any atom is 0.353 e. The molecule has 0 saturated carbocycles. The highest BCUT2D eigenvalue weighted by Gasteiger charge is 2.57. The normalized spacial score (nSPS) is 27.9. The first-order valence-corrected chi connectivity index (χ1v) is 6.76. The van der Waals surface area contributed by atoms with E-state index in [0.29, 0.717) is 0 Å². The van der Waals surface area contributed by atoms with Crippen LogP contribution < -0.4 is 5.73 Å². The Kier molecular flexibility index (Phi) is 3.76. The number of β-lactam (4-membered cyclic amide) rings is 1. The zero-order chi connectivity index (χ0) is 15.2. The first-order chi connectivity index (χ1) is 9.25. The number of nitrogens with two attached hydrogens (primary N) is 1. The summed E-state index contributed by atoms with van der Waals surface area (Å²) in [6.45, 7) is 1.46. The van der Waals surface area contributed by atoms with Gasteiger partial charge in [-0.15, -0.1) is 11.8 Å². The molecule has 20 heavy (non-hydrogen) atoms. The Balaban J connectivity index is 2.26. The van der Waals surface area contributed by atoms with E-state index in [4.69, 9.17) is 10.8 Å². The van der Waals surface area contributed by atoms with E-state index in [9.17, 15) is 24.6 Å². The second-order valence-electron chi connectivity index (χ2n) is 4.71. The van der Waals surface area contributed by atoms with Crippen LogP contribution in [-0.4, -0.2) is 55.6 Å². The van der Waals surface area contributed by atoms with Gasteiger partial charge in [-0.3, -0.25) is 14.5 Å². The fourth-order valence-electron chi connectivity index (χ4n) is 2.28. The molecular weight excluding hydrogens is 288 g/mol. The van der Waals surface area contributed by atoms with Crippen molar-refractivity contribution >= 4 is 29.6 Å². The molecule has 0 radical (unpaired) electrons. The Morgan fingerprint density at radius 1 is 1.45 bits per heavy atom. The smallest absolute Gasteiger partial charge is 0.353 e. The Morgan fingerprint density at radius 3 is 2.50 bits per heavy atom. The van der Waals surface area contributed by atoms with Gasteiger partial charge in [-0.2, -0.15) is 0 Å². The molecule has 1 unspecified atom stereocenters. The minimum Gasteiger partial charge on any atom is -0.480 e. The van der Waals surface area contributed by atoms with Crippen molar-refractivity contribution in [2.75, 3.05) is 0 Å². The molecule has 5 N–H and O–H groups in total. The van der Waals surface area contributed by atoms with Gasteiger partial charge in [-0.25, -0.2) is 4.79 Å². The summed E-state index contributed by atoms with van der Waals surface area (Å²) in [4.78, 5) is 35.2. The van der Waals surface area contributed by atoms with Gasteiger partial charge in [0.1, 0.15) is 17.1 Å². The maximum atomic E-state index is 11.9. The van der Waals surface area contributed by atoms with Crippen molar-refractivity contribution in [3.63, 3.8) is 0 Å². The molecular formula is C11H14N2O6S. The summed E-state index contributed by atoms with van der Waals surface area (Å²) < 4.78 is 0. The lowest BCUT2D eigenvalue weighted by Crippen LogP contribution is -2.60.